The van der Waals surface area contributed by atoms with Gasteiger partial charge in [0.15, 0.2) is 11.6 Å². The third-order valence-electron chi connectivity index (χ3n) is 2.74. The number of hydrogen-bond acceptors (Lipinski definition) is 2. The monoisotopic (exact) mass is 342 g/mol. The van der Waals surface area contributed by atoms with Gasteiger partial charge >= 0.3 is 0 Å². The molecule has 0 N–H and O–H groups in total. The Morgan fingerprint density at radius 1 is 1.15 bits per heavy atom. The number of alkyl halides is 1. The fraction of sp³-hybridized carbons (Fsp3) is 0.200. The van der Waals surface area contributed by atoms with Crippen molar-refractivity contribution in [2.75, 3.05) is 7.11 Å². The zero-order chi connectivity index (χ0) is 14.5. The molecule has 0 aliphatic heterocycles. The summed E-state index contributed by atoms with van der Waals surface area (Å²) in [4.78, 5) is 0. The Labute approximate surface area is 124 Å². The normalized spacial score (nSPS) is 10.4. The highest BCUT2D eigenvalue weighted by molar-refractivity contribution is 9.08. The predicted molar refractivity (Wildman–Crippen MR) is 76.3 cm³/mol. The molecule has 0 atom stereocenters. The number of ether oxygens (including phenoxy) is 2. The van der Waals surface area contributed by atoms with Crippen LogP contribution in [-0.4, -0.2) is 7.11 Å². The zero-order valence-electron chi connectivity index (χ0n) is 10.8. The lowest BCUT2D eigenvalue weighted by Gasteiger charge is -2.10. The standard InChI is InChI=1S/C15H13BrF2O2/c1-19-14-4-2-3-11(15(14)18)9-20-13-6-10(8-16)5-12(17)7-13/h2-7H,8-9H2,1H3. The maximum Gasteiger partial charge on any atom is 0.171 e. The summed E-state index contributed by atoms with van der Waals surface area (Å²) >= 11 is 3.25. The second-order valence-corrected chi connectivity index (χ2v) is 4.71. The van der Waals surface area contributed by atoms with Gasteiger partial charge in [0.1, 0.15) is 18.2 Å². The molecule has 0 fully saturated rings. The quantitative estimate of drug-likeness (QED) is 0.747. The van der Waals surface area contributed by atoms with Gasteiger partial charge in [0.25, 0.3) is 0 Å². The molecule has 2 aromatic rings. The molecule has 2 aromatic carbocycles. The van der Waals surface area contributed by atoms with Crippen molar-refractivity contribution in [1.29, 1.82) is 0 Å². The minimum Gasteiger partial charge on any atom is -0.494 e. The van der Waals surface area contributed by atoms with Gasteiger partial charge in [-0.1, -0.05) is 28.1 Å². The van der Waals surface area contributed by atoms with E-state index in [9.17, 15) is 8.78 Å². The van der Waals surface area contributed by atoms with E-state index in [0.717, 1.165) is 5.56 Å². The average molecular weight is 343 g/mol. The topological polar surface area (TPSA) is 18.5 Å². The zero-order valence-corrected chi connectivity index (χ0v) is 12.4. The van der Waals surface area contributed by atoms with Crippen molar-refractivity contribution in [1.82, 2.24) is 0 Å². The molecular weight excluding hydrogens is 330 g/mol. The number of benzene rings is 2. The molecule has 0 saturated heterocycles. The Hall–Kier alpha value is -1.62. The van der Waals surface area contributed by atoms with E-state index < -0.39 is 5.82 Å². The van der Waals surface area contributed by atoms with Gasteiger partial charge in [0.05, 0.1) is 7.11 Å². The molecule has 0 heterocycles. The Morgan fingerprint density at radius 2 is 1.95 bits per heavy atom. The van der Waals surface area contributed by atoms with Crippen LogP contribution < -0.4 is 9.47 Å². The van der Waals surface area contributed by atoms with Gasteiger partial charge in [-0.25, -0.2) is 8.78 Å². The molecule has 2 rings (SSSR count). The van der Waals surface area contributed by atoms with Crippen molar-refractivity contribution < 1.29 is 18.3 Å². The van der Waals surface area contributed by atoms with E-state index >= 15 is 0 Å². The summed E-state index contributed by atoms with van der Waals surface area (Å²) < 4.78 is 37.6. The van der Waals surface area contributed by atoms with Crippen LogP contribution in [0.25, 0.3) is 0 Å². The van der Waals surface area contributed by atoms with Crippen molar-refractivity contribution in [3.8, 4) is 11.5 Å². The first-order valence-corrected chi connectivity index (χ1v) is 7.06. The summed E-state index contributed by atoms with van der Waals surface area (Å²) in [6.07, 6.45) is 0. The highest BCUT2D eigenvalue weighted by atomic mass is 79.9. The lowest BCUT2D eigenvalue weighted by atomic mass is 10.2. The molecule has 0 aromatic heterocycles. The van der Waals surface area contributed by atoms with Crippen LogP contribution >= 0.6 is 15.9 Å². The van der Waals surface area contributed by atoms with Gasteiger partial charge in [-0.3, -0.25) is 0 Å². The van der Waals surface area contributed by atoms with Gasteiger partial charge in [-0.05, 0) is 23.8 Å². The van der Waals surface area contributed by atoms with E-state index in [0.29, 0.717) is 16.6 Å². The SMILES string of the molecule is COc1cccc(COc2cc(F)cc(CBr)c2)c1F. The van der Waals surface area contributed by atoms with Crippen LogP contribution in [0.15, 0.2) is 36.4 Å². The summed E-state index contributed by atoms with van der Waals surface area (Å²) in [6.45, 7) is 0.00815. The number of methoxy groups -OCH3 is 1. The lowest BCUT2D eigenvalue weighted by molar-refractivity contribution is 0.294. The molecule has 0 bridgehead atoms. The number of hydrogen-bond donors (Lipinski definition) is 0. The van der Waals surface area contributed by atoms with Gasteiger partial charge in [0, 0.05) is 17.0 Å². The molecule has 0 spiro atoms. The van der Waals surface area contributed by atoms with Crippen LogP contribution in [0.2, 0.25) is 0 Å². The van der Waals surface area contributed by atoms with E-state index in [4.69, 9.17) is 9.47 Å². The van der Waals surface area contributed by atoms with Crippen molar-refractivity contribution in [2.45, 2.75) is 11.9 Å². The molecule has 0 saturated carbocycles. The van der Waals surface area contributed by atoms with Gasteiger partial charge in [-0.2, -0.15) is 0 Å². The predicted octanol–water partition coefficient (Wildman–Crippen LogP) is 4.45. The molecule has 20 heavy (non-hydrogen) atoms. The fourth-order valence-corrected chi connectivity index (χ4v) is 2.09. The van der Waals surface area contributed by atoms with E-state index in [1.165, 1.54) is 25.3 Å². The van der Waals surface area contributed by atoms with E-state index in [1.54, 1.807) is 18.2 Å². The smallest absolute Gasteiger partial charge is 0.171 e. The van der Waals surface area contributed by atoms with Crippen LogP contribution in [0.1, 0.15) is 11.1 Å². The molecule has 0 amide bonds. The van der Waals surface area contributed by atoms with Crippen LogP contribution in [-0.2, 0) is 11.9 Å². The molecule has 0 aliphatic carbocycles. The van der Waals surface area contributed by atoms with E-state index in [-0.39, 0.29) is 18.2 Å². The highest BCUT2D eigenvalue weighted by Crippen LogP contribution is 2.23. The highest BCUT2D eigenvalue weighted by Gasteiger charge is 2.09. The van der Waals surface area contributed by atoms with Crippen LogP contribution in [0.5, 0.6) is 11.5 Å². The second kappa shape index (κ2) is 6.70. The van der Waals surface area contributed by atoms with Crippen molar-refractivity contribution in [2.24, 2.45) is 0 Å². The molecule has 5 heteroatoms. The summed E-state index contributed by atoms with van der Waals surface area (Å²) in [6, 6.07) is 9.19. The van der Waals surface area contributed by atoms with E-state index in [2.05, 4.69) is 15.9 Å². The van der Waals surface area contributed by atoms with Crippen molar-refractivity contribution >= 4 is 15.9 Å². The summed E-state index contributed by atoms with van der Waals surface area (Å²) in [5, 5.41) is 0.522. The average Bonchev–Trinajstić information content (AvgIpc) is 2.45. The number of rotatable bonds is 5. The van der Waals surface area contributed by atoms with Gasteiger partial charge in [-0.15, -0.1) is 0 Å². The second-order valence-electron chi connectivity index (χ2n) is 4.15. The van der Waals surface area contributed by atoms with Crippen LogP contribution in [0.3, 0.4) is 0 Å². The summed E-state index contributed by atoms with van der Waals surface area (Å²) in [7, 11) is 1.40. The minimum absolute atomic E-state index is 0.00815. The van der Waals surface area contributed by atoms with Crippen LogP contribution in [0, 0.1) is 11.6 Å². The van der Waals surface area contributed by atoms with Crippen LogP contribution in [0.4, 0.5) is 8.78 Å². The molecule has 106 valence electrons. The summed E-state index contributed by atoms with van der Waals surface area (Å²) in [5.74, 6) is -0.330. The maximum absolute atomic E-state index is 13.9. The summed E-state index contributed by atoms with van der Waals surface area (Å²) in [5.41, 5.74) is 1.11. The first-order chi connectivity index (χ1) is 9.63. The first kappa shape index (κ1) is 14.8. The Morgan fingerprint density at radius 3 is 2.65 bits per heavy atom. The third kappa shape index (κ3) is 3.48. The van der Waals surface area contributed by atoms with Crippen molar-refractivity contribution in [3.63, 3.8) is 0 Å². The molecule has 0 unspecified atom stereocenters. The fourth-order valence-electron chi connectivity index (χ4n) is 1.77. The molecule has 0 aliphatic rings. The van der Waals surface area contributed by atoms with E-state index in [1.807, 2.05) is 0 Å². The maximum atomic E-state index is 13.9. The molecule has 2 nitrogen and oxygen atoms in total. The Bertz CT molecular complexity index is 602. The number of halogens is 3. The molecule has 0 radical (unpaired) electrons. The van der Waals surface area contributed by atoms with Crippen molar-refractivity contribution in [3.05, 3.63) is 59.2 Å². The van der Waals surface area contributed by atoms with Gasteiger partial charge < -0.3 is 9.47 Å². The molecular formula is C15H13BrF2O2. The minimum atomic E-state index is -0.466. The Balaban J connectivity index is 2.14. The largest absolute Gasteiger partial charge is 0.494 e. The Kier molecular flexibility index (Phi) is 4.95. The first-order valence-electron chi connectivity index (χ1n) is 5.93. The lowest BCUT2D eigenvalue weighted by Crippen LogP contribution is -2.01. The third-order valence-corrected chi connectivity index (χ3v) is 3.39. The van der Waals surface area contributed by atoms with Gasteiger partial charge in [0.2, 0.25) is 0 Å².